The fraction of sp³-hybridized carbons (Fsp3) is 0. The number of nitrogens with two attached hydrogens (primary N) is 1. The molecule has 0 unspecified atom stereocenters. The first-order valence-electron chi connectivity index (χ1n) is 3.31. The van der Waals surface area contributed by atoms with Crippen LogP contribution >= 0.6 is 0 Å². The van der Waals surface area contributed by atoms with Crippen LogP contribution in [0, 0.1) is 0 Å². The molecule has 0 aromatic carbocycles. The molecule has 0 saturated heterocycles. The number of pyridine rings is 1. The van der Waals surface area contributed by atoms with Crippen molar-refractivity contribution in [3.63, 3.8) is 0 Å². The van der Waals surface area contributed by atoms with Crippen LogP contribution in [0.25, 0.3) is 6.08 Å². The highest BCUT2D eigenvalue weighted by Crippen LogP contribution is 2.02. The standard InChI is InChI=1S/C8H8N2O2/c9-3-1-7-5-6(8(11)12)2-4-10-7/h1-5H,9H2,(H,11,12). The van der Waals surface area contributed by atoms with Crippen LogP contribution in [-0.2, 0) is 0 Å². The van der Waals surface area contributed by atoms with Crippen molar-refractivity contribution in [2.45, 2.75) is 0 Å². The summed E-state index contributed by atoms with van der Waals surface area (Å²) in [5.74, 6) is -0.968. The van der Waals surface area contributed by atoms with E-state index in [-0.39, 0.29) is 5.56 Å². The first kappa shape index (κ1) is 8.26. The van der Waals surface area contributed by atoms with Crippen LogP contribution in [0.1, 0.15) is 16.1 Å². The second-order valence-corrected chi connectivity index (χ2v) is 2.13. The van der Waals surface area contributed by atoms with Crippen LogP contribution in [0.2, 0.25) is 0 Å². The van der Waals surface area contributed by atoms with E-state index < -0.39 is 5.97 Å². The molecule has 3 N–H and O–H groups in total. The van der Waals surface area contributed by atoms with E-state index in [1.54, 1.807) is 0 Å². The second kappa shape index (κ2) is 3.52. The molecule has 0 aliphatic carbocycles. The lowest BCUT2D eigenvalue weighted by atomic mass is 10.2. The lowest BCUT2D eigenvalue weighted by molar-refractivity contribution is 0.0696. The summed E-state index contributed by atoms with van der Waals surface area (Å²) in [6.45, 7) is 0. The molecule has 0 bridgehead atoms. The molecule has 4 heteroatoms. The summed E-state index contributed by atoms with van der Waals surface area (Å²) < 4.78 is 0. The van der Waals surface area contributed by atoms with Crippen LogP contribution < -0.4 is 5.73 Å². The topological polar surface area (TPSA) is 76.2 Å². The Morgan fingerprint density at radius 3 is 3.00 bits per heavy atom. The predicted molar refractivity (Wildman–Crippen MR) is 44.4 cm³/mol. The van der Waals surface area contributed by atoms with Gasteiger partial charge in [-0.1, -0.05) is 0 Å². The molecule has 0 fully saturated rings. The number of carboxylic acids is 1. The molecule has 0 aliphatic rings. The van der Waals surface area contributed by atoms with Crippen molar-refractivity contribution in [3.05, 3.63) is 35.8 Å². The lowest BCUT2D eigenvalue weighted by Crippen LogP contribution is -1.97. The third-order valence-electron chi connectivity index (χ3n) is 1.30. The maximum Gasteiger partial charge on any atom is 0.335 e. The highest BCUT2D eigenvalue weighted by Gasteiger charge is 2.01. The lowest BCUT2D eigenvalue weighted by Gasteiger charge is -1.94. The molecule has 0 saturated carbocycles. The van der Waals surface area contributed by atoms with Gasteiger partial charge in [-0.3, -0.25) is 4.98 Å². The van der Waals surface area contributed by atoms with Crippen molar-refractivity contribution < 1.29 is 9.90 Å². The number of nitrogens with zero attached hydrogens (tertiary/aromatic N) is 1. The fourth-order valence-corrected chi connectivity index (χ4v) is 0.771. The molecule has 1 aromatic rings. The summed E-state index contributed by atoms with van der Waals surface area (Å²) in [5, 5.41) is 8.59. The van der Waals surface area contributed by atoms with E-state index in [2.05, 4.69) is 4.98 Å². The normalized spacial score (nSPS) is 10.3. The minimum atomic E-state index is -0.968. The molecule has 1 aromatic heterocycles. The van der Waals surface area contributed by atoms with Gasteiger partial charge in [-0.15, -0.1) is 0 Å². The van der Waals surface area contributed by atoms with Gasteiger partial charge in [-0.25, -0.2) is 4.79 Å². The Morgan fingerprint density at radius 2 is 2.42 bits per heavy atom. The van der Waals surface area contributed by atoms with Gasteiger partial charge in [0.2, 0.25) is 0 Å². The summed E-state index contributed by atoms with van der Waals surface area (Å²) in [7, 11) is 0. The van der Waals surface area contributed by atoms with Crippen molar-refractivity contribution in [3.8, 4) is 0 Å². The highest BCUT2D eigenvalue weighted by atomic mass is 16.4. The van der Waals surface area contributed by atoms with Gasteiger partial charge in [0.25, 0.3) is 0 Å². The Labute approximate surface area is 69.4 Å². The summed E-state index contributed by atoms with van der Waals surface area (Å²) in [6.07, 6.45) is 4.28. The van der Waals surface area contributed by atoms with Gasteiger partial charge in [0.1, 0.15) is 0 Å². The SMILES string of the molecule is NC=Cc1cc(C(=O)O)ccn1. The zero-order chi connectivity index (χ0) is 8.97. The molecule has 1 rings (SSSR count). The minimum Gasteiger partial charge on any atom is -0.478 e. The third-order valence-corrected chi connectivity index (χ3v) is 1.30. The first-order valence-corrected chi connectivity index (χ1v) is 3.31. The van der Waals surface area contributed by atoms with Crippen molar-refractivity contribution in [2.24, 2.45) is 5.73 Å². The summed E-state index contributed by atoms with van der Waals surface area (Å²) in [4.78, 5) is 14.4. The number of hydrogen-bond acceptors (Lipinski definition) is 3. The van der Waals surface area contributed by atoms with Gasteiger partial charge in [0.15, 0.2) is 0 Å². The molecule has 1 heterocycles. The molecule has 0 aliphatic heterocycles. The monoisotopic (exact) mass is 164 g/mol. The zero-order valence-electron chi connectivity index (χ0n) is 6.27. The number of carboxylic acid groups (broad SMARTS) is 1. The molecular weight excluding hydrogens is 156 g/mol. The van der Waals surface area contributed by atoms with E-state index in [0.717, 1.165) is 0 Å². The van der Waals surface area contributed by atoms with Crippen molar-refractivity contribution in [1.29, 1.82) is 0 Å². The van der Waals surface area contributed by atoms with Crippen LogP contribution in [0.4, 0.5) is 0 Å². The van der Waals surface area contributed by atoms with Gasteiger partial charge in [0, 0.05) is 6.20 Å². The molecule has 0 radical (unpaired) electrons. The Kier molecular flexibility index (Phi) is 2.42. The molecule has 0 atom stereocenters. The largest absolute Gasteiger partial charge is 0.478 e. The smallest absolute Gasteiger partial charge is 0.335 e. The number of aromatic nitrogens is 1. The Bertz CT molecular complexity index is 321. The fourth-order valence-electron chi connectivity index (χ4n) is 0.771. The van der Waals surface area contributed by atoms with Crippen molar-refractivity contribution >= 4 is 12.0 Å². The second-order valence-electron chi connectivity index (χ2n) is 2.13. The first-order chi connectivity index (χ1) is 5.74. The van der Waals surface area contributed by atoms with E-state index in [1.165, 1.54) is 30.6 Å². The van der Waals surface area contributed by atoms with Crippen molar-refractivity contribution in [1.82, 2.24) is 4.98 Å². The molecular formula is C8H8N2O2. The molecule has 62 valence electrons. The van der Waals surface area contributed by atoms with Gasteiger partial charge in [0.05, 0.1) is 11.3 Å². The number of rotatable bonds is 2. The van der Waals surface area contributed by atoms with E-state index in [4.69, 9.17) is 10.8 Å². The molecule has 0 amide bonds. The third kappa shape index (κ3) is 1.82. The van der Waals surface area contributed by atoms with Gasteiger partial charge in [-0.05, 0) is 24.4 Å². The average Bonchev–Trinajstić information content (AvgIpc) is 2.05. The maximum absolute atomic E-state index is 10.5. The summed E-state index contributed by atoms with van der Waals surface area (Å²) >= 11 is 0. The quantitative estimate of drug-likeness (QED) is 0.674. The number of hydrogen-bond donors (Lipinski definition) is 2. The maximum atomic E-state index is 10.5. The molecule has 0 spiro atoms. The van der Waals surface area contributed by atoms with Crippen LogP contribution in [0.5, 0.6) is 0 Å². The van der Waals surface area contributed by atoms with Crippen LogP contribution in [0.15, 0.2) is 24.5 Å². The van der Waals surface area contributed by atoms with Gasteiger partial charge >= 0.3 is 5.97 Å². The van der Waals surface area contributed by atoms with E-state index in [1.807, 2.05) is 0 Å². The van der Waals surface area contributed by atoms with E-state index in [9.17, 15) is 4.79 Å². The highest BCUT2D eigenvalue weighted by molar-refractivity contribution is 5.87. The van der Waals surface area contributed by atoms with Crippen LogP contribution in [-0.4, -0.2) is 16.1 Å². The number of aromatic carboxylic acids is 1. The number of carbonyl (C=O) groups is 1. The van der Waals surface area contributed by atoms with Crippen LogP contribution in [0.3, 0.4) is 0 Å². The zero-order valence-corrected chi connectivity index (χ0v) is 6.27. The molecule has 12 heavy (non-hydrogen) atoms. The average molecular weight is 164 g/mol. The predicted octanol–water partition coefficient (Wildman–Crippen LogP) is 0.709. The minimum absolute atomic E-state index is 0.207. The summed E-state index contributed by atoms with van der Waals surface area (Å²) in [5.41, 5.74) is 5.86. The Hall–Kier alpha value is -1.84. The molecule has 4 nitrogen and oxygen atoms in total. The van der Waals surface area contributed by atoms with Gasteiger partial charge in [-0.2, -0.15) is 0 Å². The summed E-state index contributed by atoms with van der Waals surface area (Å²) in [6, 6.07) is 2.88. The van der Waals surface area contributed by atoms with E-state index in [0.29, 0.717) is 5.69 Å². The Balaban J connectivity index is 3.03. The Morgan fingerprint density at radius 1 is 1.67 bits per heavy atom. The van der Waals surface area contributed by atoms with Crippen molar-refractivity contribution in [2.75, 3.05) is 0 Å². The van der Waals surface area contributed by atoms with E-state index >= 15 is 0 Å². The van der Waals surface area contributed by atoms with Gasteiger partial charge < -0.3 is 10.8 Å².